The van der Waals surface area contributed by atoms with Gasteiger partial charge in [-0.1, -0.05) is 30.3 Å². The molecule has 0 heterocycles. The van der Waals surface area contributed by atoms with Crippen molar-refractivity contribution >= 4 is 10.0 Å². The van der Waals surface area contributed by atoms with Gasteiger partial charge >= 0.3 is 6.18 Å². The van der Waals surface area contributed by atoms with E-state index in [2.05, 4.69) is 0 Å². The molecular weight excluding hydrogens is 307 g/mol. The molecule has 2 N–H and O–H groups in total. The Hall–Kier alpha value is -1.12. The van der Waals surface area contributed by atoms with Gasteiger partial charge in [-0.05, 0) is 25.8 Å². The second kappa shape index (κ2) is 6.76. The molecule has 0 aromatic heterocycles. The predicted octanol–water partition coefficient (Wildman–Crippen LogP) is 2.37. The zero-order valence-electron chi connectivity index (χ0n) is 11.6. The van der Waals surface area contributed by atoms with E-state index in [9.17, 15) is 26.7 Å². The highest BCUT2D eigenvalue weighted by atomic mass is 32.2. The quantitative estimate of drug-likeness (QED) is 0.844. The van der Waals surface area contributed by atoms with E-state index < -0.39 is 33.6 Å². The lowest BCUT2D eigenvalue weighted by molar-refractivity contribution is -0.127. The molecule has 120 valence electrons. The van der Waals surface area contributed by atoms with Crippen molar-refractivity contribution in [1.82, 2.24) is 4.72 Å². The lowest BCUT2D eigenvalue weighted by atomic mass is 10.0. The molecule has 3 atom stereocenters. The summed E-state index contributed by atoms with van der Waals surface area (Å²) in [5.41, 5.74) is 0.576. The summed E-state index contributed by atoms with van der Waals surface area (Å²) in [6.07, 6.45) is -5.80. The zero-order chi connectivity index (χ0) is 16.3. The second-order valence-corrected chi connectivity index (χ2v) is 6.94. The average Bonchev–Trinajstić information content (AvgIpc) is 2.37. The number of benzene rings is 1. The van der Waals surface area contributed by atoms with Crippen molar-refractivity contribution in [2.75, 3.05) is 0 Å². The van der Waals surface area contributed by atoms with Crippen LogP contribution >= 0.6 is 0 Å². The molecule has 0 aliphatic rings. The Morgan fingerprint density at radius 2 is 1.71 bits per heavy atom. The van der Waals surface area contributed by atoms with Gasteiger partial charge in [0, 0.05) is 6.04 Å². The summed E-state index contributed by atoms with van der Waals surface area (Å²) in [7, 11) is -4.53. The smallest absolute Gasteiger partial charge is 0.388 e. The summed E-state index contributed by atoms with van der Waals surface area (Å²) >= 11 is 0. The van der Waals surface area contributed by atoms with Gasteiger partial charge in [-0.25, -0.2) is 13.1 Å². The molecule has 3 unspecified atom stereocenters. The molecule has 4 nitrogen and oxygen atoms in total. The number of hydrogen-bond acceptors (Lipinski definition) is 3. The van der Waals surface area contributed by atoms with Crippen molar-refractivity contribution in [3.05, 3.63) is 35.9 Å². The minimum atomic E-state index is -4.83. The van der Waals surface area contributed by atoms with Gasteiger partial charge < -0.3 is 5.11 Å². The number of rotatable bonds is 6. The lowest BCUT2D eigenvalue weighted by Crippen LogP contribution is -2.45. The Bertz CT molecular complexity index is 546. The maximum absolute atomic E-state index is 12.5. The number of sulfonamides is 1. The Kier molecular flexibility index (Phi) is 5.77. The van der Waals surface area contributed by atoms with Crippen molar-refractivity contribution in [1.29, 1.82) is 0 Å². The van der Waals surface area contributed by atoms with Gasteiger partial charge in [-0.15, -0.1) is 0 Å². The number of nitrogens with one attached hydrogen (secondary N) is 1. The molecule has 0 saturated carbocycles. The van der Waals surface area contributed by atoms with E-state index in [0.29, 0.717) is 12.5 Å². The third-order valence-electron chi connectivity index (χ3n) is 3.05. The molecule has 1 aromatic rings. The molecular formula is C13H18F3NO3S. The van der Waals surface area contributed by atoms with Crippen LogP contribution in [0, 0.1) is 0 Å². The van der Waals surface area contributed by atoms with Gasteiger partial charge in [0.05, 0.1) is 6.10 Å². The fourth-order valence-electron chi connectivity index (χ4n) is 1.75. The highest BCUT2D eigenvalue weighted by Crippen LogP contribution is 2.26. The summed E-state index contributed by atoms with van der Waals surface area (Å²) in [5.74, 6) is 0. The summed E-state index contributed by atoms with van der Waals surface area (Å²) in [6.45, 7) is 2.00. The number of halogens is 3. The van der Waals surface area contributed by atoms with Crippen molar-refractivity contribution in [2.24, 2.45) is 0 Å². The van der Waals surface area contributed by atoms with Crippen LogP contribution in [-0.2, 0) is 10.0 Å². The molecule has 0 fully saturated rings. The van der Waals surface area contributed by atoms with E-state index in [1.807, 2.05) is 4.72 Å². The number of aliphatic hydroxyl groups excluding tert-OH is 1. The maximum Gasteiger partial charge on any atom is 0.406 e. The first-order valence-electron chi connectivity index (χ1n) is 6.35. The first-order chi connectivity index (χ1) is 9.54. The molecule has 1 aromatic carbocycles. The van der Waals surface area contributed by atoms with E-state index >= 15 is 0 Å². The van der Waals surface area contributed by atoms with Crippen LogP contribution < -0.4 is 4.72 Å². The van der Waals surface area contributed by atoms with Crippen LogP contribution in [-0.4, -0.2) is 31.0 Å². The van der Waals surface area contributed by atoms with E-state index in [4.69, 9.17) is 0 Å². The zero-order valence-corrected chi connectivity index (χ0v) is 12.4. The minimum Gasteiger partial charge on any atom is -0.388 e. The molecule has 8 heteroatoms. The van der Waals surface area contributed by atoms with Crippen molar-refractivity contribution in [3.8, 4) is 0 Å². The molecule has 0 aliphatic carbocycles. The monoisotopic (exact) mass is 325 g/mol. The first-order valence-corrected chi connectivity index (χ1v) is 7.89. The van der Waals surface area contributed by atoms with Gasteiger partial charge in [0.15, 0.2) is 5.25 Å². The molecule has 0 radical (unpaired) electrons. The Morgan fingerprint density at radius 3 is 2.19 bits per heavy atom. The third-order valence-corrected chi connectivity index (χ3v) is 4.98. The van der Waals surface area contributed by atoms with Crippen LogP contribution in [0.5, 0.6) is 0 Å². The molecule has 0 saturated heterocycles. The average molecular weight is 325 g/mol. The summed E-state index contributed by atoms with van der Waals surface area (Å²) < 4.78 is 62.5. The highest BCUT2D eigenvalue weighted by Gasteiger charge is 2.45. The van der Waals surface area contributed by atoms with E-state index in [0.717, 1.165) is 0 Å². The largest absolute Gasteiger partial charge is 0.406 e. The Labute approximate surface area is 122 Å². The van der Waals surface area contributed by atoms with Gasteiger partial charge in [-0.2, -0.15) is 13.2 Å². The van der Waals surface area contributed by atoms with E-state index in [1.54, 1.807) is 30.3 Å². The minimum absolute atomic E-state index is 0.0200. The third kappa shape index (κ3) is 5.29. The first kappa shape index (κ1) is 17.9. The predicted molar refractivity (Wildman–Crippen MR) is 73.1 cm³/mol. The standard InChI is InChI=1S/C13H18F3NO3S/c1-9(8-12(18)11-6-4-3-5-7-11)17-21(19,20)10(2)13(14,15)16/h3-7,9-10,12,17-18H,8H2,1-2H3. The number of aliphatic hydroxyl groups is 1. The van der Waals surface area contributed by atoms with Crippen molar-refractivity contribution < 1.29 is 26.7 Å². The summed E-state index contributed by atoms with van der Waals surface area (Å²) in [5, 5.41) is 7.43. The lowest BCUT2D eigenvalue weighted by Gasteiger charge is -2.22. The SMILES string of the molecule is CC(CC(O)c1ccccc1)NS(=O)(=O)C(C)C(F)(F)F. The molecule has 1 rings (SSSR count). The molecule has 0 bridgehead atoms. The Morgan fingerprint density at radius 1 is 1.19 bits per heavy atom. The van der Waals surface area contributed by atoms with Crippen LogP contribution in [0.1, 0.15) is 31.9 Å². The number of hydrogen-bond donors (Lipinski definition) is 2. The summed E-state index contributed by atoms with van der Waals surface area (Å²) in [6, 6.07) is 7.66. The van der Waals surface area contributed by atoms with Crippen molar-refractivity contribution in [2.45, 2.75) is 43.8 Å². The molecule has 0 spiro atoms. The van der Waals surface area contributed by atoms with E-state index in [-0.39, 0.29) is 6.42 Å². The van der Waals surface area contributed by atoms with Crippen LogP contribution in [0.3, 0.4) is 0 Å². The van der Waals surface area contributed by atoms with Gasteiger partial charge in [0.1, 0.15) is 0 Å². The Balaban J connectivity index is 2.67. The van der Waals surface area contributed by atoms with Crippen LogP contribution in [0.15, 0.2) is 30.3 Å². The molecule has 0 aliphatic heterocycles. The topological polar surface area (TPSA) is 66.4 Å². The normalized spacial score (nSPS) is 17.2. The van der Waals surface area contributed by atoms with E-state index in [1.165, 1.54) is 6.92 Å². The van der Waals surface area contributed by atoms with Crippen LogP contribution in [0.4, 0.5) is 13.2 Å². The fraction of sp³-hybridized carbons (Fsp3) is 0.538. The van der Waals surface area contributed by atoms with Gasteiger partial charge in [0.25, 0.3) is 0 Å². The number of alkyl halides is 3. The highest BCUT2D eigenvalue weighted by molar-refractivity contribution is 7.90. The van der Waals surface area contributed by atoms with Crippen LogP contribution in [0.2, 0.25) is 0 Å². The molecule has 21 heavy (non-hydrogen) atoms. The van der Waals surface area contributed by atoms with Crippen molar-refractivity contribution in [3.63, 3.8) is 0 Å². The summed E-state index contributed by atoms with van der Waals surface area (Å²) in [4.78, 5) is 0. The van der Waals surface area contributed by atoms with Gasteiger partial charge in [-0.3, -0.25) is 0 Å². The fourth-order valence-corrected chi connectivity index (χ4v) is 2.97. The second-order valence-electron chi connectivity index (χ2n) is 4.91. The maximum atomic E-state index is 12.5. The molecule has 0 amide bonds. The van der Waals surface area contributed by atoms with Gasteiger partial charge in [0.2, 0.25) is 10.0 Å². The van der Waals surface area contributed by atoms with Crippen LogP contribution in [0.25, 0.3) is 0 Å².